The van der Waals surface area contributed by atoms with E-state index in [2.05, 4.69) is 39.0 Å². The fourth-order valence-corrected chi connectivity index (χ4v) is 2.33. The lowest BCUT2D eigenvalue weighted by atomic mass is 10.2. The van der Waals surface area contributed by atoms with E-state index in [0.717, 1.165) is 12.4 Å². The van der Waals surface area contributed by atoms with Crippen LogP contribution in [0.4, 0.5) is 0 Å². The minimum atomic E-state index is 0.849. The van der Waals surface area contributed by atoms with Gasteiger partial charge in [-0.15, -0.1) is 0 Å². The molecule has 1 rings (SSSR count). The van der Waals surface area contributed by atoms with Crippen LogP contribution in [-0.2, 0) is 0 Å². The van der Waals surface area contributed by atoms with E-state index in [1.54, 1.807) is 4.90 Å². The normalized spacial score (nSPS) is 10.9. The second-order valence-corrected chi connectivity index (χ2v) is 5.29. The monoisotopic (exact) mass is 264 g/mol. The predicted molar refractivity (Wildman–Crippen MR) is 82.1 cm³/mol. The molecule has 1 N–H and O–H groups in total. The van der Waals surface area contributed by atoms with E-state index in [0.29, 0.717) is 0 Å². The average Bonchev–Trinajstić information content (AvgIpc) is 2.42. The molecule has 19 heavy (non-hydrogen) atoms. The molecule has 0 heterocycles. The van der Waals surface area contributed by atoms with Gasteiger partial charge in [0.05, 0.1) is 26.2 Å². The van der Waals surface area contributed by atoms with Crippen LogP contribution in [0.5, 0.6) is 5.75 Å². The minimum Gasteiger partial charge on any atom is -0.494 e. The Kier molecular flexibility index (Phi) is 8.31. The molecule has 0 aliphatic heterocycles. The molecular formula is C17H30NO+. The first-order valence-electron chi connectivity index (χ1n) is 7.79. The lowest BCUT2D eigenvalue weighted by Crippen LogP contribution is -3.11. The molecule has 1 aromatic carbocycles. The lowest BCUT2D eigenvalue weighted by molar-refractivity contribution is -0.896. The summed E-state index contributed by atoms with van der Waals surface area (Å²) in [7, 11) is 0. The van der Waals surface area contributed by atoms with Crippen molar-refractivity contribution in [3.63, 3.8) is 0 Å². The van der Waals surface area contributed by atoms with E-state index in [1.807, 2.05) is 6.07 Å². The Hall–Kier alpha value is -1.02. The van der Waals surface area contributed by atoms with Crippen molar-refractivity contribution in [2.75, 3.05) is 26.2 Å². The molecule has 0 aliphatic rings. The van der Waals surface area contributed by atoms with E-state index in [9.17, 15) is 0 Å². The fraction of sp³-hybridized carbons (Fsp3) is 0.647. The average molecular weight is 264 g/mol. The summed E-state index contributed by atoms with van der Waals surface area (Å²) in [5.41, 5.74) is 1.26. The third-order valence-corrected chi connectivity index (χ3v) is 3.68. The van der Waals surface area contributed by atoms with Crippen LogP contribution in [0.25, 0.3) is 0 Å². The fourth-order valence-electron chi connectivity index (χ4n) is 2.33. The molecule has 0 radical (unpaired) electrons. The summed E-state index contributed by atoms with van der Waals surface area (Å²) in [5.74, 6) is 1.01. The van der Waals surface area contributed by atoms with Crippen molar-refractivity contribution < 1.29 is 9.64 Å². The maximum atomic E-state index is 5.75. The van der Waals surface area contributed by atoms with Crippen LogP contribution in [-0.4, -0.2) is 26.2 Å². The summed E-state index contributed by atoms with van der Waals surface area (Å²) in [6.07, 6.45) is 5.14. The van der Waals surface area contributed by atoms with Crippen LogP contribution < -0.4 is 9.64 Å². The topological polar surface area (TPSA) is 13.7 Å². The van der Waals surface area contributed by atoms with E-state index < -0.39 is 0 Å². The van der Waals surface area contributed by atoms with E-state index >= 15 is 0 Å². The zero-order chi connectivity index (χ0) is 13.9. The van der Waals surface area contributed by atoms with Crippen molar-refractivity contribution in [1.82, 2.24) is 0 Å². The molecule has 0 saturated carbocycles. The van der Waals surface area contributed by atoms with Crippen molar-refractivity contribution in [1.29, 1.82) is 0 Å². The molecule has 0 atom stereocenters. The van der Waals surface area contributed by atoms with Crippen molar-refractivity contribution >= 4 is 0 Å². The van der Waals surface area contributed by atoms with Gasteiger partial charge in [-0.2, -0.15) is 0 Å². The Bertz CT molecular complexity index is 334. The lowest BCUT2D eigenvalue weighted by Gasteiger charge is -2.14. The molecule has 0 spiro atoms. The number of aryl methyl sites for hydroxylation is 1. The van der Waals surface area contributed by atoms with Crippen LogP contribution in [0.15, 0.2) is 24.3 Å². The Labute approximate surface area is 118 Å². The number of hydrogen-bond acceptors (Lipinski definition) is 1. The summed E-state index contributed by atoms with van der Waals surface area (Å²) in [6.45, 7) is 11.3. The van der Waals surface area contributed by atoms with Gasteiger partial charge in [0.25, 0.3) is 0 Å². The van der Waals surface area contributed by atoms with Gasteiger partial charge in [-0.3, -0.25) is 0 Å². The van der Waals surface area contributed by atoms with Gasteiger partial charge in [0.2, 0.25) is 0 Å². The van der Waals surface area contributed by atoms with Crippen molar-refractivity contribution in [2.45, 2.75) is 46.5 Å². The summed E-state index contributed by atoms with van der Waals surface area (Å²) in [4.78, 5) is 1.72. The highest BCUT2D eigenvalue weighted by Gasteiger charge is 2.01. The predicted octanol–water partition coefficient (Wildman–Crippen LogP) is 2.86. The molecule has 0 amide bonds. The molecule has 0 aromatic heterocycles. The molecule has 2 heteroatoms. The van der Waals surface area contributed by atoms with E-state index in [1.165, 1.54) is 50.9 Å². The van der Waals surface area contributed by atoms with E-state index in [4.69, 9.17) is 4.74 Å². The molecule has 0 aliphatic carbocycles. The summed E-state index contributed by atoms with van der Waals surface area (Å²) < 4.78 is 5.75. The quantitative estimate of drug-likeness (QED) is 0.642. The van der Waals surface area contributed by atoms with Crippen LogP contribution in [0.1, 0.15) is 45.1 Å². The molecule has 108 valence electrons. The number of benzene rings is 1. The number of rotatable bonds is 10. The molecule has 0 unspecified atom stereocenters. The number of unbranched alkanes of at least 4 members (excludes halogenated alkanes) is 3. The minimum absolute atomic E-state index is 0.849. The van der Waals surface area contributed by atoms with Gasteiger partial charge in [-0.05, 0) is 64.2 Å². The van der Waals surface area contributed by atoms with Crippen molar-refractivity contribution in [3.05, 3.63) is 29.8 Å². The molecule has 0 bridgehead atoms. The SMILES string of the molecule is CC[NH+](CC)CCCCCCOc1cccc(C)c1. The number of hydrogen-bond donors (Lipinski definition) is 1. The molecule has 0 fully saturated rings. The zero-order valence-corrected chi connectivity index (χ0v) is 12.9. The van der Waals surface area contributed by atoms with Gasteiger partial charge in [-0.25, -0.2) is 0 Å². The second kappa shape index (κ2) is 9.85. The van der Waals surface area contributed by atoms with Gasteiger partial charge >= 0.3 is 0 Å². The maximum Gasteiger partial charge on any atom is 0.119 e. The van der Waals surface area contributed by atoms with Gasteiger partial charge in [0, 0.05) is 0 Å². The van der Waals surface area contributed by atoms with E-state index in [-0.39, 0.29) is 0 Å². The summed E-state index contributed by atoms with van der Waals surface area (Å²) >= 11 is 0. The van der Waals surface area contributed by atoms with Crippen LogP contribution in [0, 0.1) is 6.92 Å². The van der Waals surface area contributed by atoms with Gasteiger partial charge in [0.15, 0.2) is 0 Å². The maximum absolute atomic E-state index is 5.75. The van der Waals surface area contributed by atoms with Crippen LogP contribution in [0.3, 0.4) is 0 Å². The Morgan fingerprint density at radius 2 is 1.74 bits per heavy atom. The highest BCUT2D eigenvalue weighted by atomic mass is 16.5. The van der Waals surface area contributed by atoms with Crippen molar-refractivity contribution in [3.8, 4) is 5.75 Å². The summed E-state index contributed by atoms with van der Waals surface area (Å²) in [5, 5.41) is 0. The third-order valence-electron chi connectivity index (χ3n) is 3.68. The van der Waals surface area contributed by atoms with Gasteiger partial charge in [-0.1, -0.05) is 12.1 Å². The number of quaternary nitrogens is 1. The Balaban J connectivity index is 1.99. The number of nitrogens with one attached hydrogen (secondary N) is 1. The number of ether oxygens (including phenoxy) is 1. The molecule has 0 saturated heterocycles. The van der Waals surface area contributed by atoms with Crippen molar-refractivity contribution in [2.24, 2.45) is 0 Å². The third kappa shape index (κ3) is 7.22. The first kappa shape index (κ1) is 16.0. The highest BCUT2D eigenvalue weighted by molar-refractivity contribution is 5.27. The smallest absolute Gasteiger partial charge is 0.119 e. The largest absolute Gasteiger partial charge is 0.494 e. The van der Waals surface area contributed by atoms with Gasteiger partial charge in [0.1, 0.15) is 5.75 Å². The standard InChI is InChI=1S/C17H29NO/c1-4-18(5-2)13-8-6-7-9-14-19-17-12-10-11-16(3)15-17/h10-12,15H,4-9,13-14H2,1-3H3/p+1. The zero-order valence-electron chi connectivity index (χ0n) is 12.9. The van der Waals surface area contributed by atoms with Crippen LogP contribution in [0.2, 0.25) is 0 Å². The Morgan fingerprint density at radius 3 is 2.42 bits per heavy atom. The molecule has 2 nitrogen and oxygen atoms in total. The molecular weight excluding hydrogens is 234 g/mol. The van der Waals surface area contributed by atoms with Crippen LogP contribution >= 0.6 is 0 Å². The first-order chi connectivity index (χ1) is 9.26. The summed E-state index contributed by atoms with van der Waals surface area (Å²) in [6, 6.07) is 8.29. The first-order valence-corrected chi connectivity index (χ1v) is 7.79. The van der Waals surface area contributed by atoms with Gasteiger partial charge < -0.3 is 9.64 Å². The second-order valence-electron chi connectivity index (χ2n) is 5.29. The molecule has 1 aromatic rings. The highest BCUT2D eigenvalue weighted by Crippen LogP contribution is 2.12. The Morgan fingerprint density at radius 1 is 1.00 bits per heavy atom.